The van der Waals surface area contributed by atoms with Gasteiger partial charge in [-0.2, -0.15) is 0 Å². The summed E-state index contributed by atoms with van der Waals surface area (Å²) in [4.78, 5) is 32.3. The number of nitrogens with zero attached hydrogens (tertiary/aromatic N) is 2. The zero-order valence-corrected chi connectivity index (χ0v) is 25.4. The Morgan fingerprint density at radius 3 is 2.40 bits per heavy atom. The summed E-state index contributed by atoms with van der Waals surface area (Å²) in [6.07, 6.45) is 1.51. The minimum absolute atomic E-state index is 0.235. The number of carbonyl (C=O) groups is 1. The number of fused-ring (bicyclic) bond motifs is 1. The molecular weight excluding hydrogens is 572 g/mol. The number of ether oxygens (including phenoxy) is 3. The fourth-order valence-electron chi connectivity index (χ4n) is 4.69. The molecule has 7 nitrogen and oxygen atoms in total. The van der Waals surface area contributed by atoms with Gasteiger partial charge in [0.05, 0.1) is 34.6 Å². The molecule has 1 aliphatic rings. The lowest BCUT2D eigenvalue weighted by molar-refractivity contribution is -0.143. The number of allylic oxidation sites excluding steroid dienone is 1. The van der Waals surface area contributed by atoms with Gasteiger partial charge in [0, 0.05) is 5.02 Å². The average Bonchev–Trinajstić information content (AvgIpc) is 3.26. The van der Waals surface area contributed by atoms with Crippen molar-refractivity contribution in [3.05, 3.63) is 125 Å². The lowest BCUT2D eigenvalue weighted by atomic mass is 9.96. The first-order valence-corrected chi connectivity index (χ1v) is 14.9. The van der Waals surface area contributed by atoms with Crippen molar-refractivity contribution >= 4 is 35.0 Å². The zero-order chi connectivity index (χ0) is 29.8. The van der Waals surface area contributed by atoms with E-state index in [0.717, 1.165) is 16.7 Å². The molecule has 0 unspecified atom stereocenters. The van der Waals surface area contributed by atoms with E-state index in [0.29, 0.717) is 50.3 Å². The molecule has 0 saturated heterocycles. The van der Waals surface area contributed by atoms with Crippen LogP contribution < -0.4 is 24.4 Å². The van der Waals surface area contributed by atoms with Gasteiger partial charge in [-0.1, -0.05) is 59.3 Å². The highest BCUT2D eigenvalue weighted by Crippen LogP contribution is 2.32. The normalized spacial score (nSPS) is 14.9. The van der Waals surface area contributed by atoms with E-state index in [1.165, 1.54) is 11.3 Å². The topological polar surface area (TPSA) is 79.1 Å². The molecule has 9 heteroatoms. The molecule has 42 heavy (non-hydrogen) atoms. The van der Waals surface area contributed by atoms with E-state index in [-0.39, 0.29) is 11.7 Å². The smallest absolute Gasteiger partial charge is 0.338 e. The maximum Gasteiger partial charge on any atom is 0.338 e. The Bertz CT molecular complexity index is 1800. The standard InChI is InChI=1S/C33H31ClN2O5S/c1-5-39-26-15-11-24(12-16-26)30-29(32(38)41-20(2)3)21(4)35-33-36(30)31(37)28(42-33)18-22-9-13-27(14-10-22)40-19-23-7-6-8-25(34)17-23/h6-18,20,30H,5,19H2,1-4H3/b28-18+/t30-/m1/s1. The molecule has 0 bridgehead atoms. The van der Waals surface area contributed by atoms with Crippen molar-refractivity contribution in [2.75, 3.05) is 6.61 Å². The Labute approximate surface area is 253 Å². The number of rotatable bonds is 9. The van der Waals surface area contributed by atoms with Crippen LogP contribution in [0.1, 0.15) is 50.4 Å². The minimum Gasteiger partial charge on any atom is -0.494 e. The second kappa shape index (κ2) is 12.8. The Kier molecular flexibility index (Phi) is 8.94. The van der Waals surface area contributed by atoms with Crippen LogP contribution >= 0.6 is 22.9 Å². The lowest BCUT2D eigenvalue weighted by Gasteiger charge is -2.25. The number of hydrogen-bond donors (Lipinski definition) is 0. The van der Waals surface area contributed by atoms with Gasteiger partial charge in [-0.3, -0.25) is 9.36 Å². The summed E-state index contributed by atoms with van der Waals surface area (Å²) in [6, 6.07) is 21.8. The molecule has 216 valence electrons. The van der Waals surface area contributed by atoms with Gasteiger partial charge >= 0.3 is 5.97 Å². The highest BCUT2D eigenvalue weighted by atomic mass is 35.5. The van der Waals surface area contributed by atoms with Crippen molar-refractivity contribution in [3.63, 3.8) is 0 Å². The summed E-state index contributed by atoms with van der Waals surface area (Å²) < 4.78 is 19.2. The molecule has 3 aromatic carbocycles. The fraction of sp³-hybridized carbons (Fsp3) is 0.242. The first-order valence-electron chi connectivity index (χ1n) is 13.7. The molecule has 2 heterocycles. The van der Waals surface area contributed by atoms with E-state index in [2.05, 4.69) is 4.99 Å². The largest absolute Gasteiger partial charge is 0.494 e. The highest BCUT2D eigenvalue weighted by molar-refractivity contribution is 7.07. The summed E-state index contributed by atoms with van der Waals surface area (Å²) in [5.41, 5.74) is 3.20. The third-order valence-electron chi connectivity index (χ3n) is 6.56. The maximum absolute atomic E-state index is 13.9. The molecule has 5 rings (SSSR count). The molecular formula is C33H31ClN2O5S. The number of benzene rings is 3. The molecule has 0 N–H and O–H groups in total. The van der Waals surface area contributed by atoms with Crippen LogP contribution in [0.4, 0.5) is 0 Å². The summed E-state index contributed by atoms with van der Waals surface area (Å²) in [5.74, 6) is 0.918. The Balaban J connectivity index is 1.49. The molecule has 1 aliphatic heterocycles. The Morgan fingerprint density at radius 2 is 1.74 bits per heavy atom. The quantitative estimate of drug-likeness (QED) is 0.226. The second-order valence-corrected chi connectivity index (χ2v) is 11.5. The van der Waals surface area contributed by atoms with Gasteiger partial charge in [0.1, 0.15) is 18.1 Å². The number of hydrogen-bond acceptors (Lipinski definition) is 7. The maximum atomic E-state index is 13.9. The van der Waals surface area contributed by atoms with Crippen molar-refractivity contribution in [1.82, 2.24) is 4.57 Å². The molecule has 1 atom stereocenters. The van der Waals surface area contributed by atoms with Crippen LogP contribution in [-0.4, -0.2) is 23.2 Å². The monoisotopic (exact) mass is 602 g/mol. The summed E-state index contributed by atoms with van der Waals surface area (Å²) in [5, 5.41) is 0.664. The molecule has 0 fully saturated rings. The van der Waals surface area contributed by atoms with Crippen molar-refractivity contribution in [2.24, 2.45) is 4.99 Å². The number of thiazole rings is 1. The Hall–Kier alpha value is -4.14. The van der Waals surface area contributed by atoms with Crippen LogP contribution in [0.2, 0.25) is 5.02 Å². The predicted molar refractivity (Wildman–Crippen MR) is 165 cm³/mol. The number of carbonyl (C=O) groups excluding carboxylic acids is 1. The van der Waals surface area contributed by atoms with E-state index < -0.39 is 12.0 Å². The molecule has 0 radical (unpaired) electrons. The van der Waals surface area contributed by atoms with Crippen molar-refractivity contribution < 1.29 is 19.0 Å². The lowest BCUT2D eigenvalue weighted by Crippen LogP contribution is -2.40. The Morgan fingerprint density at radius 1 is 1.05 bits per heavy atom. The molecule has 0 spiro atoms. The van der Waals surface area contributed by atoms with Crippen LogP contribution in [0, 0.1) is 0 Å². The minimum atomic E-state index is -0.687. The van der Waals surface area contributed by atoms with Gasteiger partial charge < -0.3 is 14.2 Å². The number of halogens is 1. The van der Waals surface area contributed by atoms with Gasteiger partial charge in [-0.05, 0) is 86.9 Å². The van der Waals surface area contributed by atoms with Gasteiger partial charge in [0.15, 0.2) is 4.80 Å². The molecule has 1 aromatic heterocycles. The third kappa shape index (κ3) is 6.50. The van der Waals surface area contributed by atoms with Crippen molar-refractivity contribution in [1.29, 1.82) is 0 Å². The average molecular weight is 603 g/mol. The fourth-order valence-corrected chi connectivity index (χ4v) is 5.95. The van der Waals surface area contributed by atoms with E-state index in [1.807, 2.05) is 85.8 Å². The van der Waals surface area contributed by atoms with E-state index in [9.17, 15) is 9.59 Å². The van der Waals surface area contributed by atoms with Gasteiger partial charge in [0.25, 0.3) is 5.56 Å². The third-order valence-corrected chi connectivity index (χ3v) is 7.78. The number of aromatic nitrogens is 1. The van der Waals surface area contributed by atoms with E-state index in [1.54, 1.807) is 25.3 Å². The van der Waals surface area contributed by atoms with Crippen LogP contribution in [0.5, 0.6) is 11.5 Å². The van der Waals surface area contributed by atoms with Gasteiger partial charge in [-0.25, -0.2) is 9.79 Å². The van der Waals surface area contributed by atoms with Crippen LogP contribution in [0.15, 0.2) is 93.9 Å². The highest BCUT2D eigenvalue weighted by Gasteiger charge is 2.33. The predicted octanol–water partition coefficient (Wildman–Crippen LogP) is 5.82. The summed E-state index contributed by atoms with van der Waals surface area (Å²) in [7, 11) is 0. The first kappa shape index (κ1) is 29.4. The van der Waals surface area contributed by atoms with Crippen LogP contribution in [0.3, 0.4) is 0 Å². The van der Waals surface area contributed by atoms with E-state index >= 15 is 0 Å². The molecule has 4 aromatic rings. The van der Waals surface area contributed by atoms with E-state index in [4.69, 9.17) is 25.8 Å². The SMILES string of the molecule is CCOc1ccc([C@@H]2C(C(=O)OC(C)C)=C(C)N=c3s/c(=C/c4ccc(OCc5cccc(Cl)c5)cc4)c(=O)n32)cc1. The zero-order valence-electron chi connectivity index (χ0n) is 23.8. The van der Waals surface area contributed by atoms with Gasteiger partial charge in [-0.15, -0.1) is 0 Å². The first-order chi connectivity index (χ1) is 20.2. The molecule has 0 amide bonds. The van der Waals surface area contributed by atoms with Crippen LogP contribution in [0.25, 0.3) is 6.08 Å². The van der Waals surface area contributed by atoms with Crippen molar-refractivity contribution in [2.45, 2.75) is 46.4 Å². The number of esters is 1. The van der Waals surface area contributed by atoms with Crippen LogP contribution in [-0.2, 0) is 16.1 Å². The summed E-state index contributed by atoms with van der Waals surface area (Å²) in [6.45, 7) is 8.21. The second-order valence-electron chi connectivity index (χ2n) is 10.0. The molecule has 0 saturated carbocycles. The van der Waals surface area contributed by atoms with Gasteiger partial charge in [0.2, 0.25) is 0 Å². The molecule has 0 aliphatic carbocycles. The van der Waals surface area contributed by atoms with Crippen molar-refractivity contribution in [3.8, 4) is 11.5 Å². The summed E-state index contributed by atoms with van der Waals surface area (Å²) >= 11 is 7.35.